The van der Waals surface area contributed by atoms with Gasteiger partial charge in [-0.25, -0.2) is 8.78 Å². The number of benzene rings is 1. The Bertz CT molecular complexity index is 684. The van der Waals surface area contributed by atoms with Gasteiger partial charge in [-0.15, -0.1) is 0 Å². The third-order valence-electron chi connectivity index (χ3n) is 5.12. The molecule has 3 rings (SSSR count). The van der Waals surface area contributed by atoms with E-state index in [1.807, 2.05) is 4.90 Å². The van der Waals surface area contributed by atoms with Crippen LogP contribution < -0.4 is 5.32 Å². The summed E-state index contributed by atoms with van der Waals surface area (Å²) in [6.45, 7) is 4.11. The lowest BCUT2D eigenvalue weighted by Crippen LogP contribution is -2.49. The number of nitrogens with zero attached hydrogens (tertiary/aromatic N) is 3. The topological polar surface area (TPSA) is 57.2 Å². The van der Waals surface area contributed by atoms with E-state index in [2.05, 4.69) is 15.2 Å². The van der Waals surface area contributed by atoms with Gasteiger partial charge in [0.2, 0.25) is 5.91 Å². The summed E-state index contributed by atoms with van der Waals surface area (Å²) in [4.78, 5) is 20.8. The summed E-state index contributed by atoms with van der Waals surface area (Å²) in [6.07, 6.45) is 1.51. The molecule has 1 aromatic rings. The Morgan fingerprint density at radius 1 is 1.19 bits per heavy atom. The van der Waals surface area contributed by atoms with Crippen molar-refractivity contribution >= 4 is 11.9 Å². The van der Waals surface area contributed by atoms with Crippen molar-refractivity contribution in [2.24, 2.45) is 10.9 Å². The number of nitrogens with one attached hydrogen (secondary N) is 1. The van der Waals surface area contributed by atoms with E-state index in [0.29, 0.717) is 45.4 Å². The van der Waals surface area contributed by atoms with Crippen LogP contribution in [0, 0.1) is 17.6 Å². The van der Waals surface area contributed by atoms with Crippen molar-refractivity contribution in [3.8, 4) is 0 Å². The Balaban J connectivity index is 1.51. The second kappa shape index (κ2) is 9.12. The maximum Gasteiger partial charge on any atom is 0.225 e. The first-order valence-electron chi connectivity index (χ1n) is 9.34. The number of aliphatic imine (C=N–C) groups is 1. The number of halogens is 2. The van der Waals surface area contributed by atoms with Crippen molar-refractivity contribution in [2.75, 3.05) is 46.4 Å². The van der Waals surface area contributed by atoms with Crippen LogP contribution in [0.4, 0.5) is 8.78 Å². The van der Waals surface area contributed by atoms with Crippen molar-refractivity contribution in [1.82, 2.24) is 15.1 Å². The molecule has 0 radical (unpaired) electrons. The van der Waals surface area contributed by atoms with Gasteiger partial charge < -0.3 is 19.9 Å². The first kappa shape index (κ1) is 19.5. The lowest BCUT2D eigenvalue weighted by Gasteiger charge is -2.36. The second-order valence-corrected chi connectivity index (χ2v) is 6.84. The summed E-state index contributed by atoms with van der Waals surface area (Å²) < 4.78 is 32.4. The second-order valence-electron chi connectivity index (χ2n) is 6.84. The van der Waals surface area contributed by atoms with Gasteiger partial charge in [0.1, 0.15) is 11.6 Å². The highest BCUT2D eigenvalue weighted by atomic mass is 19.1. The molecule has 2 saturated heterocycles. The summed E-state index contributed by atoms with van der Waals surface area (Å²) in [5.41, 5.74) is 0.258. The largest absolute Gasteiger partial charge is 0.378 e. The maximum absolute atomic E-state index is 13.8. The maximum atomic E-state index is 13.8. The summed E-state index contributed by atoms with van der Waals surface area (Å²) in [7, 11) is 1.66. The highest BCUT2D eigenvalue weighted by molar-refractivity contribution is 5.81. The molecule has 1 aromatic carbocycles. The summed E-state index contributed by atoms with van der Waals surface area (Å²) in [6, 6.07) is 3.41. The van der Waals surface area contributed by atoms with E-state index in [0.717, 1.165) is 25.0 Å². The zero-order chi connectivity index (χ0) is 19.2. The van der Waals surface area contributed by atoms with Gasteiger partial charge in [-0.05, 0) is 31.0 Å². The van der Waals surface area contributed by atoms with Crippen LogP contribution in [0.3, 0.4) is 0 Å². The number of likely N-dealkylation sites (tertiary alicyclic amines) is 1. The highest BCUT2D eigenvalue weighted by Crippen LogP contribution is 2.20. The van der Waals surface area contributed by atoms with Gasteiger partial charge in [0, 0.05) is 51.3 Å². The molecule has 2 fully saturated rings. The zero-order valence-electron chi connectivity index (χ0n) is 15.6. The molecule has 0 atom stereocenters. The van der Waals surface area contributed by atoms with Gasteiger partial charge in [0.05, 0.1) is 13.2 Å². The van der Waals surface area contributed by atoms with Crippen LogP contribution in [0.15, 0.2) is 23.2 Å². The number of rotatable bonds is 3. The van der Waals surface area contributed by atoms with E-state index >= 15 is 0 Å². The normalized spacial score (nSPS) is 19.3. The summed E-state index contributed by atoms with van der Waals surface area (Å²) in [5, 5.41) is 3.09. The lowest BCUT2D eigenvalue weighted by atomic mass is 9.95. The van der Waals surface area contributed by atoms with Crippen LogP contribution in [0.1, 0.15) is 18.4 Å². The minimum absolute atomic E-state index is 0.0260. The lowest BCUT2D eigenvalue weighted by molar-refractivity contribution is -0.140. The van der Waals surface area contributed by atoms with E-state index in [4.69, 9.17) is 4.74 Å². The van der Waals surface area contributed by atoms with E-state index in [1.165, 1.54) is 6.07 Å². The molecule has 0 spiro atoms. The number of hydrogen-bond donors (Lipinski definition) is 1. The molecule has 0 saturated carbocycles. The van der Waals surface area contributed by atoms with Gasteiger partial charge in [-0.3, -0.25) is 9.79 Å². The fraction of sp³-hybridized carbons (Fsp3) is 0.579. The van der Waals surface area contributed by atoms with Crippen LogP contribution in [0.25, 0.3) is 0 Å². The van der Waals surface area contributed by atoms with Crippen LogP contribution in [-0.4, -0.2) is 68.1 Å². The van der Waals surface area contributed by atoms with Crippen LogP contribution in [-0.2, 0) is 16.1 Å². The SMILES string of the molecule is CN=C(NCc1cc(F)ccc1F)N1CCC(C(=O)N2CCOCC2)CC1. The fourth-order valence-electron chi connectivity index (χ4n) is 3.57. The van der Waals surface area contributed by atoms with Crippen molar-refractivity contribution in [3.05, 3.63) is 35.4 Å². The van der Waals surface area contributed by atoms with Gasteiger partial charge >= 0.3 is 0 Å². The average Bonchev–Trinajstić information content (AvgIpc) is 2.71. The molecular weight excluding hydrogens is 354 g/mol. The average molecular weight is 380 g/mol. The van der Waals surface area contributed by atoms with Gasteiger partial charge in [0.15, 0.2) is 5.96 Å². The quantitative estimate of drug-likeness (QED) is 0.640. The molecule has 8 heteroatoms. The van der Waals surface area contributed by atoms with E-state index in [9.17, 15) is 13.6 Å². The third kappa shape index (κ3) is 4.94. The van der Waals surface area contributed by atoms with Crippen molar-refractivity contribution < 1.29 is 18.3 Å². The molecular formula is C19H26F2N4O2. The van der Waals surface area contributed by atoms with Gasteiger partial charge in [-0.2, -0.15) is 0 Å². The number of amides is 1. The van der Waals surface area contributed by atoms with Crippen LogP contribution >= 0.6 is 0 Å². The van der Waals surface area contributed by atoms with Crippen molar-refractivity contribution in [3.63, 3.8) is 0 Å². The number of ether oxygens (including phenoxy) is 1. The zero-order valence-corrected chi connectivity index (χ0v) is 15.6. The Morgan fingerprint density at radius 2 is 1.89 bits per heavy atom. The number of piperidine rings is 1. The molecule has 6 nitrogen and oxygen atoms in total. The van der Waals surface area contributed by atoms with Crippen LogP contribution in [0.5, 0.6) is 0 Å². The molecule has 1 amide bonds. The molecule has 148 valence electrons. The Labute approximate surface area is 158 Å². The molecule has 2 heterocycles. The Kier molecular flexibility index (Phi) is 6.60. The first-order valence-corrected chi connectivity index (χ1v) is 9.34. The molecule has 1 N–H and O–H groups in total. The molecule has 0 aromatic heterocycles. The summed E-state index contributed by atoms with van der Waals surface area (Å²) >= 11 is 0. The molecule has 2 aliphatic rings. The van der Waals surface area contributed by atoms with Crippen molar-refractivity contribution in [1.29, 1.82) is 0 Å². The van der Waals surface area contributed by atoms with E-state index in [-0.39, 0.29) is 23.9 Å². The number of hydrogen-bond acceptors (Lipinski definition) is 3. The monoisotopic (exact) mass is 380 g/mol. The molecule has 2 aliphatic heterocycles. The van der Waals surface area contributed by atoms with E-state index < -0.39 is 11.6 Å². The molecule has 0 aliphatic carbocycles. The predicted molar refractivity (Wildman–Crippen MR) is 98.3 cm³/mol. The molecule has 27 heavy (non-hydrogen) atoms. The number of carbonyl (C=O) groups excluding carboxylic acids is 1. The van der Waals surface area contributed by atoms with Crippen LogP contribution in [0.2, 0.25) is 0 Å². The molecule has 0 unspecified atom stereocenters. The van der Waals surface area contributed by atoms with Gasteiger partial charge in [0.25, 0.3) is 0 Å². The number of morpholine rings is 1. The smallest absolute Gasteiger partial charge is 0.225 e. The Morgan fingerprint density at radius 3 is 2.56 bits per heavy atom. The number of carbonyl (C=O) groups is 1. The minimum atomic E-state index is -0.467. The molecule has 0 bridgehead atoms. The minimum Gasteiger partial charge on any atom is -0.378 e. The van der Waals surface area contributed by atoms with E-state index in [1.54, 1.807) is 7.05 Å². The fourth-order valence-corrected chi connectivity index (χ4v) is 3.57. The Hall–Kier alpha value is -2.22. The number of guanidine groups is 1. The predicted octanol–water partition coefficient (Wildman–Crippen LogP) is 1.61. The first-order chi connectivity index (χ1) is 13.1. The summed E-state index contributed by atoms with van der Waals surface area (Å²) in [5.74, 6) is -0.0448. The standard InChI is InChI=1S/C19H26F2N4O2/c1-22-19(23-13-15-12-16(20)2-3-17(15)21)25-6-4-14(5-7-25)18(26)24-8-10-27-11-9-24/h2-3,12,14H,4-11,13H2,1H3,(H,22,23). The van der Waals surface area contributed by atoms with Crippen molar-refractivity contribution in [2.45, 2.75) is 19.4 Å². The van der Waals surface area contributed by atoms with Gasteiger partial charge in [-0.1, -0.05) is 0 Å². The highest BCUT2D eigenvalue weighted by Gasteiger charge is 2.30. The third-order valence-corrected chi connectivity index (χ3v) is 5.12.